The molecule has 0 aliphatic carbocycles. The molecule has 0 saturated heterocycles. The van der Waals surface area contributed by atoms with Crippen LogP contribution in [-0.2, 0) is 12.8 Å². The summed E-state index contributed by atoms with van der Waals surface area (Å²) in [6, 6.07) is 9.77. The van der Waals surface area contributed by atoms with Gasteiger partial charge in [-0.25, -0.2) is 4.98 Å². The zero-order valence-electron chi connectivity index (χ0n) is 14.1. The highest BCUT2D eigenvalue weighted by atomic mass is 16.5. The van der Waals surface area contributed by atoms with Gasteiger partial charge in [-0.1, -0.05) is 12.1 Å². The van der Waals surface area contributed by atoms with Crippen LogP contribution in [0.15, 0.2) is 42.7 Å². The molecule has 2 heterocycles. The van der Waals surface area contributed by atoms with E-state index in [0.717, 1.165) is 30.0 Å². The average molecular weight is 337 g/mol. The molecule has 25 heavy (non-hydrogen) atoms. The van der Waals surface area contributed by atoms with E-state index in [-0.39, 0.29) is 11.6 Å². The van der Waals surface area contributed by atoms with Crippen molar-refractivity contribution in [2.24, 2.45) is 0 Å². The number of nitrogens with zero attached hydrogens (tertiary/aromatic N) is 3. The number of amides is 1. The molecule has 0 spiro atoms. The molecule has 2 aromatic heterocycles. The molecule has 0 radical (unpaired) electrons. The first-order valence-corrected chi connectivity index (χ1v) is 7.91. The summed E-state index contributed by atoms with van der Waals surface area (Å²) in [6.07, 6.45) is 4.62. The number of carbonyl (C=O) groups is 1. The minimum Gasteiger partial charge on any atom is -0.497 e. The molecule has 7 nitrogen and oxygen atoms in total. The molecular formula is C18H19N5O2. The van der Waals surface area contributed by atoms with E-state index in [0.29, 0.717) is 5.82 Å². The highest BCUT2D eigenvalue weighted by Gasteiger charge is 2.10. The zero-order chi connectivity index (χ0) is 17.6. The van der Waals surface area contributed by atoms with Gasteiger partial charge in [0.15, 0.2) is 5.82 Å². The van der Waals surface area contributed by atoms with Gasteiger partial charge in [0.25, 0.3) is 5.91 Å². The summed E-state index contributed by atoms with van der Waals surface area (Å²) in [5.41, 5.74) is 3.13. The van der Waals surface area contributed by atoms with E-state index in [2.05, 4.69) is 31.5 Å². The van der Waals surface area contributed by atoms with Gasteiger partial charge in [0.1, 0.15) is 11.4 Å². The number of aromatic amines is 1. The van der Waals surface area contributed by atoms with Gasteiger partial charge in [0, 0.05) is 18.0 Å². The molecule has 0 atom stereocenters. The number of aromatic nitrogens is 4. The molecule has 0 bridgehead atoms. The minimum atomic E-state index is -0.335. The predicted octanol–water partition coefficient (Wildman–Crippen LogP) is 2.55. The number of hydrogen-bond donors (Lipinski definition) is 2. The third kappa shape index (κ3) is 4.41. The topological polar surface area (TPSA) is 92.8 Å². The maximum atomic E-state index is 12.1. The number of anilines is 1. The zero-order valence-corrected chi connectivity index (χ0v) is 14.1. The smallest absolute Gasteiger partial charge is 0.277 e. The first kappa shape index (κ1) is 16.6. The van der Waals surface area contributed by atoms with Crippen molar-refractivity contribution in [2.45, 2.75) is 19.8 Å². The molecule has 128 valence electrons. The van der Waals surface area contributed by atoms with Crippen LogP contribution in [0.25, 0.3) is 0 Å². The summed E-state index contributed by atoms with van der Waals surface area (Å²) in [6.45, 7) is 1.82. The second kappa shape index (κ2) is 7.57. The first-order valence-electron chi connectivity index (χ1n) is 7.91. The fourth-order valence-electron chi connectivity index (χ4n) is 2.35. The third-order valence-corrected chi connectivity index (χ3v) is 3.70. The van der Waals surface area contributed by atoms with Gasteiger partial charge >= 0.3 is 0 Å². The van der Waals surface area contributed by atoms with Crippen LogP contribution in [0.4, 0.5) is 5.82 Å². The average Bonchev–Trinajstić information content (AvgIpc) is 3.08. The quantitative estimate of drug-likeness (QED) is 0.721. The molecule has 3 aromatic rings. The molecule has 2 N–H and O–H groups in total. The monoisotopic (exact) mass is 337 g/mol. The lowest BCUT2D eigenvalue weighted by Gasteiger charge is -2.03. The largest absolute Gasteiger partial charge is 0.497 e. The molecule has 7 heteroatoms. The summed E-state index contributed by atoms with van der Waals surface area (Å²) >= 11 is 0. The van der Waals surface area contributed by atoms with E-state index in [1.807, 2.05) is 31.2 Å². The number of carbonyl (C=O) groups excluding carboxylic acids is 1. The normalized spacial score (nSPS) is 10.5. The Labute approximate surface area is 145 Å². The number of rotatable bonds is 6. The van der Waals surface area contributed by atoms with Gasteiger partial charge in [-0.15, -0.1) is 0 Å². The molecule has 0 unspecified atom stereocenters. The van der Waals surface area contributed by atoms with Gasteiger partial charge in [0.05, 0.1) is 19.0 Å². The number of nitrogens with one attached hydrogen (secondary N) is 2. The van der Waals surface area contributed by atoms with Crippen molar-refractivity contribution in [3.05, 3.63) is 65.4 Å². The fourth-order valence-corrected chi connectivity index (χ4v) is 2.35. The van der Waals surface area contributed by atoms with Crippen LogP contribution < -0.4 is 10.1 Å². The lowest BCUT2D eigenvalue weighted by atomic mass is 10.1. The van der Waals surface area contributed by atoms with Crippen LogP contribution in [-0.4, -0.2) is 33.2 Å². The van der Waals surface area contributed by atoms with Crippen LogP contribution in [0.1, 0.15) is 27.4 Å². The Kier molecular flexibility index (Phi) is 5.03. The Hall–Kier alpha value is -3.22. The fraction of sp³-hybridized carbons (Fsp3) is 0.222. The van der Waals surface area contributed by atoms with Gasteiger partial charge in [-0.3, -0.25) is 14.9 Å². The molecule has 3 rings (SSSR count). The molecule has 0 saturated carbocycles. The number of aryl methyl sites for hydroxylation is 3. The van der Waals surface area contributed by atoms with Crippen molar-refractivity contribution in [3.63, 3.8) is 0 Å². The molecule has 0 fully saturated rings. The maximum absolute atomic E-state index is 12.1. The Morgan fingerprint density at radius 1 is 1.20 bits per heavy atom. The van der Waals surface area contributed by atoms with Crippen LogP contribution in [0.5, 0.6) is 5.75 Å². The summed E-state index contributed by atoms with van der Waals surface area (Å²) in [7, 11) is 1.65. The Bertz CT molecular complexity index is 858. The molecule has 0 aliphatic rings. The van der Waals surface area contributed by atoms with Gasteiger partial charge in [-0.2, -0.15) is 5.10 Å². The number of hydrogen-bond acceptors (Lipinski definition) is 5. The molecule has 1 aromatic carbocycles. The van der Waals surface area contributed by atoms with Crippen LogP contribution in [0.2, 0.25) is 0 Å². The standard InChI is InChI=1S/C18H19N5O2/c1-12-10-20-16(11-19-12)18(24)21-17-9-14(22-23-17)7-6-13-4-3-5-15(8-13)25-2/h3-5,8-11H,6-7H2,1-2H3,(H2,21,22,23,24). The summed E-state index contributed by atoms with van der Waals surface area (Å²) in [4.78, 5) is 20.2. The predicted molar refractivity (Wildman–Crippen MR) is 93.7 cm³/mol. The van der Waals surface area contributed by atoms with E-state index in [1.165, 1.54) is 11.8 Å². The van der Waals surface area contributed by atoms with Crippen molar-refractivity contribution in [1.29, 1.82) is 0 Å². The number of benzene rings is 1. The van der Waals surface area contributed by atoms with Crippen molar-refractivity contribution >= 4 is 11.7 Å². The number of H-pyrrole nitrogens is 1. The summed E-state index contributed by atoms with van der Waals surface area (Å²) < 4.78 is 5.23. The summed E-state index contributed by atoms with van der Waals surface area (Å²) in [5.74, 6) is 0.973. The first-order chi connectivity index (χ1) is 12.1. The van der Waals surface area contributed by atoms with Crippen molar-refractivity contribution in [3.8, 4) is 5.75 Å². The highest BCUT2D eigenvalue weighted by Crippen LogP contribution is 2.15. The minimum absolute atomic E-state index is 0.256. The van der Waals surface area contributed by atoms with Crippen LogP contribution in [0.3, 0.4) is 0 Å². The Morgan fingerprint density at radius 3 is 2.84 bits per heavy atom. The van der Waals surface area contributed by atoms with E-state index in [9.17, 15) is 4.79 Å². The Morgan fingerprint density at radius 2 is 2.08 bits per heavy atom. The van der Waals surface area contributed by atoms with E-state index in [1.54, 1.807) is 13.3 Å². The van der Waals surface area contributed by atoms with E-state index >= 15 is 0 Å². The number of ether oxygens (including phenoxy) is 1. The van der Waals surface area contributed by atoms with Gasteiger partial charge in [0.2, 0.25) is 0 Å². The second-order valence-corrected chi connectivity index (χ2v) is 5.63. The Balaban J connectivity index is 1.58. The van der Waals surface area contributed by atoms with Crippen LogP contribution >= 0.6 is 0 Å². The SMILES string of the molecule is COc1cccc(CCc2cc(NC(=O)c3cnc(C)cn3)n[nH]2)c1. The van der Waals surface area contributed by atoms with E-state index in [4.69, 9.17) is 4.74 Å². The van der Waals surface area contributed by atoms with Crippen molar-refractivity contribution in [1.82, 2.24) is 20.2 Å². The number of methoxy groups -OCH3 is 1. The molecule has 1 amide bonds. The maximum Gasteiger partial charge on any atom is 0.277 e. The third-order valence-electron chi connectivity index (χ3n) is 3.70. The van der Waals surface area contributed by atoms with Gasteiger partial charge < -0.3 is 10.1 Å². The van der Waals surface area contributed by atoms with Gasteiger partial charge in [-0.05, 0) is 37.5 Å². The van der Waals surface area contributed by atoms with Crippen molar-refractivity contribution < 1.29 is 9.53 Å². The van der Waals surface area contributed by atoms with Crippen molar-refractivity contribution in [2.75, 3.05) is 12.4 Å². The van der Waals surface area contributed by atoms with E-state index < -0.39 is 0 Å². The highest BCUT2D eigenvalue weighted by molar-refractivity contribution is 6.02. The lowest BCUT2D eigenvalue weighted by molar-refractivity contribution is 0.102. The molecule has 0 aliphatic heterocycles. The molecular weight excluding hydrogens is 318 g/mol. The summed E-state index contributed by atoms with van der Waals surface area (Å²) in [5, 5.41) is 9.76. The van der Waals surface area contributed by atoms with Crippen LogP contribution in [0, 0.1) is 6.92 Å². The second-order valence-electron chi connectivity index (χ2n) is 5.63. The lowest BCUT2D eigenvalue weighted by Crippen LogP contribution is -2.14.